The van der Waals surface area contributed by atoms with Gasteiger partial charge in [-0.3, -0.25) is 0 Å². The van der Waals surface area contributed by atoms with Crippen LogP contribution in [0.1, 0.15) is 11.3 Å². The minimum atomic E-state index is 0.174. The highest BCUT2D eigenvalue weighted by Crippen LogP contribution is 2.15. The molecule has 0 atom stereocenters. The Hall–Kier alpha value is -2.43. The number of benzene rings is 2. The summed E-state index contributed by atoms with van der Waals surface area (Å²) in [5.74, 6) is 0.741. The Kier molecular flexibility index (Phi) is 5.08. The molecule has 24 heavy (non-hydrogen) atoms. The maximum atomic E-state index is 6.19. The molecule has 0 aliphatic carbocycles. The van der Waals surface area contributed by atoms with Gasteiger partial charge in [0.25, 0.3) is 0 Å². The van der Waals surface area contributed by atoms with Crippen molar-refractivity contribution in [2.75, 3.05) is 7.11 Å². The van der Waals surface area contributed by atoms with E-state index in [1.807, 2.05) is 30.3 Å². The van der Waals surface area contributed by atoms with E-state index < -0.39 is 0 Å². The maximum Gasteiger partial charge on any atom is 0.177 e. The van der Waals surface area contributed by atoms with Crippen molar-refractivity contribution in [2.45, 2.75) is 0 Å². The van der Waals surface area contributed by atoms with Gasteiger partial charge in [-0.25, -0.2) is 4.98 Å². The van der Waals surface area contributed by atoms with Crippen LogP contribution in [0.3, 0.4) is 0 Å². The van der Waals surface area contributed by atoms with E-state index in [2.05, 4.69) is 15.2 Å². The first-order valence-electron chi connectivity index (χ1n) is 7.14. The highest BCUT2D eigenvalue weighted by atomic mass is 35.5. The number of fused-ring (bicyclic) bond motifs is 1. The van der Waals surface area contributed by atoms with E-state index in [1.54, 1.807) is 37.4 Å². The highest BCUT2D eigenvalue weighted by molar-refractivity contribution is 6.70. The molecule has 6 heteroatoms. The third-order valence-corrected chi connectivity index (χ3v) is 3.93. The topological polar surface area (TPSA) is 46.8 Å². The van der Waals surface area contributed by atoms with Crippen molar-refractivity contribution >= 4 is 44.4 Å². The molecule has 0 aliphatic heterocycles. The van der Waals surface area contributed by atoms with Crippen LogP contribution >= 0.6 is 23.2 Å². The van der Waals surface area contributed by atoms with Crippen LogP contribution in [-0.2, 0) is 0 Å². The number of methoxy groups -OCH3 is 1. The third-order valence-electron chi connectivity index (χ3n) is 3.36. The second-order valence-electron chi connectivity index (χ2n) is 4.90. The van der Waals surface area contributed by atoms with Crippen molar-refractivity contribution in [3.63, 3.8) is 0 Å². The Morgan fingerprint density at radius 2 is 1.58 bits per heavy atom. The van der Waals surface area contributed by atoms with Gasteiger partial charge in [0.15, 0.2) is 10.3 Å². The van der Waals surface area contributed by atoms with E-state index in [0.29, 0.717) is 5.69 Å². The van der Waals surface area contributed by atoms with Crippen LogP contribution in [0.2, 0.25) is 0 Å². The van der Waals surface area contributed by atoms with Crippen molar-refractivity contribution in [2.24, 2.45) is 10.2 Å². The van der Waals surface area contributed by atoms with Crippen LogP contribution in [-0.4, -0.2) is 22.4 Å². The number of aromatic nitrogens is 1. The summed E-state index contributed by atoms with van der Waals surface area (Å²) in [5.41, 5.74) is 2.10. The molecule has 0 fully saturated rings. The van der Waals surface area contributed by atoms with Gasteiger partial charge in [-0.2, -0.15) is 0 Å². The molecular weight excluding hydrogens is 345 g/mol. The summed E-state index contributed by atoms with van der Waals surface area (Å²) in [6.07, 6.45) is 0. The SMILES string of the molecule is COc1ccc(/C(Cl)=N\N=C(\Cl)c2ccc3ccccc3n2)cc1. The highest BCUT2D eigenvalue weighted by Gasteiger charge is 2.05. The molecule has 0 unspecified atom stereocenters. The second kappa shape index (κ2) is 7.43. The Balaban J connectivity index is 1.85. The standard InChI is InChI=1S/C18H13Cl2N3O/c1-24-14-9-6-13(7-10-14)17(19)22-23-18(20)16-11-8-12-4-2-3-5-15(12)21-16/h2-11H,1H3/b22-17+,23-18+. The predicted octanol–water partition coefficient (Wildman–Crippen LogP) is 4.83. The molecule has 0 bridgehead atoms. The van der Waals surface area contributed by atoms with Crippen molar-refractivity contribution in [3.8, 4) is 5.75 Å². The van der Waals surface area contributed by atoms with Gasteiger partial charge < -0.3 is 4.74 Å². The lowest BCUT2D eigenvalue weighted by atomic mass is 10.2. The van der Waals surface area contributed by atoms with E-state index in [0.717, 1.165) is 22.2 Å². The number of ether oxygens (including phenoxy) is 1. The molecule has 0 aliphatic rings. The van der Waals surface area contributed by atoms with Gasteiger partial charge in [0, 0.05) is 10.9 Å². The molecule has 0 saturated heterocycles. The van der Waals surface area contributed by atoms with Crippen LogP contribution in [0.5, 0.6) is 5.75 Å². The fraction of sp³-hybridized carbons (Fsp3) is 0.0556. The van der Waals surface area contributed by atoms with E-state index in [4.69, 9.17) is 27.9 Å². The molecule has 1 aromatic heterocycles. The van der Waals surface area contributed by atoms with Gasteiger partial charge in [0.2, 0.25) is 0 Å². The summed E-state index contributed by atoms with van der Waals surface area (Å²) < 4.78 is 5.10. The fourth-order valence-electron chi connectivity index (χ4n) is 2.11. The Morgan fingerprint density at radius 3 is 2.33 bits per heavy atom. The van der Waals surface area contributed by atoms with Crippen LogP contribution in [0.15, 0.2) is 70.9 Å². The first-order valence-corrected chi connectivity index (χ1v) is 7.90. The zero-order valence-electron chi connectivity index (χ0n) is 12.8. The number of hydrogen-bond donors (Lipinski definition) is 0. The third kappa shape index (κ3) is 3.72. The largest absolute Gasteiger partial charge is 0.497 e. The van der Waals surface area contributed by atoms with Crippen LogP contribution in [0.25, 0.3) is 10.9 Å². The van der Waals surface area contributed by atoms with Crippen molar-refractivity contribution in [1.82, 2.24) is 4.98 Å². The summed E-state index contributed by atoms with van der Waals surface area (Å²) in [7, 11) is 1.60. The number of para-hydroxylation sites is 1. The monoisotopic (exact) mass is 357 g/mol. The van der Waals surface area contributed by atoms with E-state index in [-0.39, 0.29) is 10.3 Å². The molecular formula is C18H13Cl2N3O. The predicted molar refractivity (Wildman–Crippen MR) is 99.5 cm³/mol. The van der Waals surface area contributed by atoms with Gasteiger partial charge in [0.1, 0.15) is 11.4 Å². The van der Waals surface area contributed by atoms with Gasteiger partial charge >= 0.3 is 0 Å². The van der Waals surface area contributed by atoms with E-state index in [9.17, 15) is 0 Å². The average molecular weight is 358 g/mol. The minimum absolute atomic E-state index is 0.174. The summed E-state index contributed by atoms with van der Waals surface area (Å²) >= 11 is 12.3. The number of halogens is 2. The lowest BCUT2D eigenvalue weighted by Crippen LogP contribution is -1.96. The molecule has 0 saturated carbocycles. The summed E-state index contributed by atoms with van der Waals surface area (Å²) in [6.45, 7) is 0. The molecule has 0 amide bonds. The van der Waals surface area contributed by atoms with Crippen molar-refractivity contribution in [1.29, 1.82) is 0 Å². The summed E-state index contributed by atoms with van der Waals surface area (Å²) in [6, 6.07) is 18.7. The maximum absolute atomic E-state index is 6.19. The number of nitrogens with zero attached hydrogens (tertiary/aromatic N) is 3. The molecule has 0 N–H and O–H groups in total. The van der Waals surface area contributed by atoms with Crippen LogP contribution < -0.4 is 4.74 Å². The molecule has 3 rings (SSSR count). The lowest BCUT2D eigenvalue weighted by molar-refractivity contribution is 0.415. The van der Waals surface area contributed by atoms with Crippen LogP contribution in [0, 0.1) is 0 Å². The zero-order valence-corrected chi connectivity index (χ0v) is 14.3. The summed E-state index contributed by atoms with van der Waals surface area (Å²) in [4.78, 5) is 4.46. The van der Waals surface area contributed by atoms with Gasteiger partial charge in [0.05, 0.1) is 12.6 Å². The Labute approximate surface area is 149 Å². The van der Waals surface area contributed by atoms with Gasteiger partial charge in [-0.15, -0.1) is 10.2 Å². The molecule has 3 aromatic rings. The molecule has 120 valence electrons. The first-order chi connectivity index (χ1) is 11.7. The van der Waals surface area contributed by atoms with Crippen molar-refractivity contribution in [3.05, 3.63) is 71.9 Å². The van der Waals surface area contributed by atoms with E-state index in [1.165, 1.54) is 0 Å². The minimum Gasteiger partial charge on any atom is -0.497 e. The molecule has 0 spiro atoms. The molecule has 0 radical (unpaired) electrons. The zero-order chi connectivity index (χ0) is 16.9. The fourth-order valence-corrected chi connectivity index (χ4v) is 2.41. The lowest BCUT2D eigenvalue weighted by Gasteiger charge is -2.01. The average Bonchev–Trinajstić information content (AvgIpc) is 2.65. The van der Waals surface area contributed by atoms with Crippen molar-refractivity contribution < 1.29 is 4.74 Å². The first kappa shape index (κ1) is 16.4. The second-order valence-corrected chi connectivity index (χ2v) is 5.62. The molecule has 1 heterocycles. The van der Waals surface area contributed by atoms with Gasteiger partial charge in [-0.05, 0) is 36.4 Å². The smallest absolute Gasteiger partial charge is 0.177 e. The van der Waals surface area contributed by atoms with Gasteiger partial charge in [-0.1, -0.05) is 47.5 Å². The number of pyridine rings is 1. The number of rotatable bonds is 4. The Morgan fingerprint density at radius 1 is 0.875 bits per heavy atom. The van der Waals surface area contributed by atoms with E-state index >= 15 is 0 Å². The summed E-state index contributed by atoms with van der Waals surface area (Å²) in [5, 5.41) is 9.37. The molecule has 4 nitrogen and oxygen atoms in total. The van der Waals surface area contributed by atoms with Crippen LogP contribution in [0.4, 0.5) is 0 Å². The Bertz CT molecular complexity index is 921. The number of hydrogen-bond acceptors (Lipinski definition) is 4. The normalized spacial score (nSPS) is 12.5. The quantitative estimate of drug-likeness (QED) is 0.495. The molecule has 2 aromatic carbocycles.